The zero-order chi connectivity index (χ0) is 16.1. The van der Waals surface area contributed by atoms with Gasteiger partial charge in [0.2, 0.25) is 0 Å². The zero-order valence-corrected chi connectivity index (χ0v) is 14.3. The van der Waals surface area contributed by atoms with Crippen LogP contribution in [0.15, 0.2) is 11.5 Å². The molecule has 5 heteroatoms. The molecule has 3 atom stereocenters. The zero-order valence-electron chi connectivity index (χ0n) is 14.3. The molecular formula is C17H27BO4. The maximum Gasteiger partial charge on any atom is 0.490 e. The molecule has 3 rings (SSSR count). The number of carbonyl (C=O) groups excluding carboxylic acids is 1. The van der Waals surface area contributed by atoms with Gasteiger partial charge in [-0.2, -0.15) is 0 Å². The monoisotopic (exact) mass is 306 g/mol. The van der Waals surface area contributed by atoms with E-state index in [2.05, 4.69) is 33.8 Å². The molecule has 0 spiro atoms. The van der Waals surface area contributed by atoms with Gasteiger partial charge in [-0.3, -0.25) is 4.79 Å². The van der Waals surface area contributed by atoms with Crippen LogP contribution in [0.1, 0.15) is 53.4 Å². The minimum Gasteiger partial charge on any atom is -0.469 e. The van der Waals surface area contributed by atoms with E-state index in [0.717, 1.165) is 19.3 Å². The van der Waals surface area contributed by atoms with E-state index in [9.17, 15) is 4.79 Å². The van der Waals surface area contributed by atoms with Gasteiger partial charge in [-0.05, 0) is 70.2 Å². The first-order valence-corrected chi connectivity index (χ1v) is 8.35. The van der Waals surface area contributed by atoms with Gasteiger partial charge in [-0.15, -0.1) is 0 Å². The molecule has 22 heavy (non-hydrogen) atoms. The van der Waals surface area contributed by atoms with Crippen molar-refractivity contribution in [2.75, 3.05) is 7.11 Å². The number of methoxy groups -OCH3 is 1. The quantitative estimate of drug-likeness (QED) is 0.593. The minimum absolute atomic E-state index is 0.0832. The molecule has 0 N–H and O–H groups in total. The maximum absolute atomic E-state index is 11.4. The second-order valence-corrected chi connectivity index (χ2v) is 8.08. The van der Waals surface area contributed by atoms with E-state index in [-0.39, 0.29) is 24.3 Å². The van der Waals surface area contributed by atoms with E-state index >= 15 is 0 Å². The standard InChI is InChI=1S/C17H27BO4/c1-16(2)17(3,4)22-18(21-16)14-9-12-6-11(7-13(12)10-14)8-15(19)20-5/h9,11-13H,6-8,10H2,1-5H3/t11?,12?,13-/m1/s1. The van der Waals surface area contributed by atoms with Crippen LogP contribution in [0.25, 0.3) is 0 Å². The number of esters is 1. The summed E-state index contributed by atoms with van der Waals surface area (Å²) in [7, 11) is 1.27. The Morgan fingerprint density at radius 3 is 2.45 bits per heavy atom. The first-order chi connectivity index (χ1) is 10.2. The van der Waals surface area contributed by atoms with Crippen molar-refractivity contribution in [3.8, 4) is 0 Å². The van der Waals surface area contributed by atoms with Gasteiger partial charge in [0, 0.05) is 6.42 Å². The Morgan fingerprint density at radius 1 is 1.27 bits per heavy atom. The lowest BCUT2D eigenvalue weighted by Crippen LogP contribution is -2.41. The second kappa shape index (κ2) is 5.38. The van der Waals surface area contributed by atoms with E-state index in [1.54, 1.807) is 0 Å². The lowest BCUT2D eigenvalue weighted by molar-refractivity contribution is -0.141. The van der Waals surface area contributed by atoms with Gasteiger partial charge in [0.15, 0.2) is 0 Å². The molecule has 0 aromatic carbocycles. The molecule has 0 aromatic heterocycles. The summed E-state index contributed by atoms with van der Waals surface area (Å²) in [6.45, 7) is 8.37. The summed E-state index contributed by atoms with van der Waals surface area (Å²) >= 11 is 0. The van der Waals surface area contributed by atoms with Crippen molar-refractivity contribution in [2.24, 2.45) is 17.8 Å². The summed E-state index contributed by atoms with van der Waals surface area (Å²) < 4.78 is 17.1. The lowest BCUT2D eigenvalue weighted by Gasteiger charge is -2.32. The first kappa shape index (κ1) is 16.1. The molecule has 1 heterocycles. The highest BCUT2D eigenvalue weighted by Gasteiger charge is 2.54. The number of fused-ring (bicyclic) bond motifs is 1. The van der Waals surface area contributed by atoms with E-state index in [1.165, 1.54) is 12.6 Å². The summed E-state index contributed by atoms with van der Waals surface area (Å²) in [4.78, 5) is 11.4. The number of hydrogen-bond donors (Lipinski definition) is 0. The Balaban J connectivity index is 1.62. The summed E-state index contributed by atoms with van der Waals surface area (Å²) in [6.07, 6.45) is 6.15. The fraction of sp³-hybridized carbons (Fsp3) is 0.824. The van der Waals surface area contributed by atoms with Crippen LogP contribution in [0.4, 0.5) is 0 Å². The van der Waals surface area contributed by atoms with Crippen molar-refractivity contribution in [3.63, 3.8) is 0 Å². The van der Waals surface area contributed by atoms with E-state index in [1.807, 2.05) is 0 Å². The Hall–Kier alpha value is -0.805. The summed E-state index contributed by atoms with van der Waals surface area (Å²) in [5.41, 5.74) is 0.748. The minimum atomic E-state index is -0.274. The van der Waals surface area contributed by atoms with Crippen LogP contribution in [-0.4, -0.2) is 31.4 Å². The topological polar surface area (TPSA) is 44.8 Å². The molecule has 0 radical (unpaired) electrons. The number of rotatable bonds is 3. The van der Waals surface area contributed by atoms with Crippen LogP contribution in [0, 0.1) is 17.8 Å². The fourth-order valence-corrected chi connectivity index (χ4v) is 4.02. The molecule has 3 aliphatic rings. The molecule has 1 saturated carbocycles. The largest absolute Gasteiger partial charge is 0.490 e. The van der Waals surface area contributed by atoms with E-state index < -0.39 is 0 Å². The van der Waals surface area contributed by atoms with Gasteiger partial charge in [0.25, 0.3) is 0 Å². The fourth-order valence-electron chi connectivity index (χ4n) is 4.02. The molecule has 1 aliphatic heterocycles. The van der Waals surface area contributed by atoms with Crippen LogP contribution in [-0.2, 0) is 18.8 Å². The van der Waals surface area contributed by atoms with Crippen molar-refractivity contribution in [2.45, 2.75) is 64.6 Å². The number of ether oxygens (including phenoxy) is 1. The molecular weight excluding hydrogens is 279 g/mol. The summed E-state index contributed by atoms with van der Waals surface area (Å²) in [5.74, 6) is 1.60. The van der Waals surface area contributed by atoms with Crippen LogP contribution < -0.4 is 0 Å². The highest BCUT2D eigenvalue weighted by molar-refractivity contribution is 6.54. The third-order valence-corrected chi connectivity index (χ3v) is 6.01. The van der Waals surface area contributed by atoms with Crippen molar-refractivity contribution in [1.82, 2.24) is 0 Å². The van der Waals surface area contributed by atoms with Crippen molar-refractivity contribution >= 4 is 13.1 Å². The Kier molecular flexibility index (Phi) is 3.93. The smallest absolute Gasteiger partial charge is 0.469 e. The van der Waals surface area contributed by atoms with Gasteiger partial charge >= 0.3 is 13.1 Å². The molecule has 0 aromatic rings. The van der Waals surface area contributed by atoms with Crippen LogP contribution in [0.3, 0.4) is 0 Å². The molecule has 0 amide bonds. The van der Waals surface area contributed by atoms with Crippen molar-refractivity contribution in [1.29, 1.82) is 0 Å². The SMILES string of the molecule is COC(=O)CC1CC2C=C(B3OC(C)(C)C(C)(C)O3)C[C@H]2C1. The van der Waals surface area contributed by atoms with E-state index in [0.29, 0.717) is 24.2 Å². The average molecular weight is 306 g/mol. The molecule has 122 valence electrons. The summed E-state index contributed by atoms with van der Waals surface area (Å²) in [5, 5.41) is 0. The van der Waals surface area contributed by atoms with Gasteiger partial charge in [-0.25, -0.2) is 0 Å². The van der Waals surface area contributed by atoms with Gasteiger partial charge in [0.1, 0.15) is 0 Å². The Labute approximate surface area is 133 Å². The Morgan fingerprint density at radius 2 is 1.91 bits per heavy atom. The number of allylic oxidation sites excluding steroid dienone is 2. The van der Waals surface area contributed by atoms with Gasteiger partial charge in [0.05, 0.1) is 18.3 Å². The van der Waals surface area contributed by atoms with Crippen molar-refractivity contribution in [3.05, 3.63) is 11.5 Å². The predicted molar refractivity (Wildman–Crippen MR) is 85.1 cm³/mol. The third kappa shape index (κ3) is 2.74. The normalized spacial score (nSPS) is 35.4. The average Bonchev–Trinajstić information content (AvgIpc) is 3.00. The predicted octanol–water partition coefficient (Wildman–Crippen LogP) is 3.15. The highest BCUT2D eigenvalue weighted by Crippen LogP contribution is 2.49. The third-order valence-electron chi connectivity index (χ3n) is 6.01. The van der Waals surface area contributed by atoms with Crippen LogP contribution in [0.5, 0.6) is 0 Å². The lowest BCUT2D eigenvalue weighted by atomic mass is 9.76. The molecule has 0 bridgehead atoms. The van der Waals surface area contributed by atoms with Crippen LogP contribution in [0.2, 0.25) is 0 Å². The molecule has 2 fully saturated rings. The first-order valence-electron chi connectivity index (χ1n) is 8.35. The molecule has 2 unspecified atom stereocenters. The van der Waals surface area contributed by atoms with Crippen molar-refractivity contribution < 1.29 is 18.8 Å². The molecule has 4 nitrogen and oxygen atoms in total. The highest BCUT2D eigenvalue weighted by atomic mass is 16.7. The Bertz CT molecular complexity index is 481. The van der Waals surface area contributed by atoms with Gasteiger partial charge < -0.3 is 14.0 Å². The summed E-state index contributed by atoms with van der Waals surface area (Å²) in [6, 6.07) is 0. The molecule has 2 aliphatic carbocycles. The molecule has 1 saturated heterocycles. The van der Waals surface area contributed by atoms with Gasteiger partial charge in [-0.1, -0.05) is 6.08 Å². The van der Waals surface area contributed by atoms with E-state index in [4.69, 9.17) is 14.0 Å². The number of carbonyl (C=O) groups is 1. The second-order valence-electron chi connectivity index (χ2n) is 8.08. The maximum atomic E-state index is 11.4. The van der Waals surface area contributed by atoms with Crippen LogP contribution >= 0.6 is 0 Å². The number of hydrogen-bond acceptors (Lipinski definition) is 4.